The predicted octanol–water partition coefficient (Wildman–Crippen LogP) is 2.25. The third kappa shape index (κ3) is 3.97. The lowest BCUT2D eigenvalue weighted by molar-refractivity contribution is 0.0661. The van der Waals surface area contributed by atoms with Crippen molar-refractivity contribution >= 4 is 17.7 Å². The van der Waals surface area contributed by atoms with Gasteiger partial charge in [-0.3, -0.25) is 0 Å². The van der Waals surface area contributed by atoms with E-state index in [0.717, 1.165) is 5.75 Å². The second-order valence-corrected chi connectivity index (χ2v) is 4.16. The van der Waals surface area contributed by atoms with Crippen LogP contribution in [0.2, 0.25) is 0 Å². The Hall–Kier alpha value is -0.940. The molecular weight excluding hydrogens is 216 g/mol. The van der Waals surface area contributed by atoms with Gasteiger partial charge in [-0.1, -0.05) is 0 Å². The van der Waals surface area contributed by atoms with Crippen LogP contribution < -0.4 is 0 Å². The Kier molecular flexibility index (Phi) is 4.71. The lowest BCUT2D eigenvalue weighted by Crippen LogP contribution is -2.07. The molecule has 0 aliphatic carbocycles. The van der Waals surface area contributed by atoms with Crippen LogP contribution in [0.1, 0.15) is 23.2 Å². The summed E-state index contributed by atoms with van der Waals surface area (Å²) in [5, 5.41) is 8.63. The summed E-state index contributed by atoms with van der Waals surface area (Å²) >= 11 is 1.65. The predicted molar refractivity (Wildman–Crippen MR) is 58.3 cm³/mol. The number of ether oxygens (including phenoxy) is 1. The van der Waals surface area contributed by atoms with Gasteiger partial charge in [-0.25, -0.2) is 4.79 Å². The fourth-order valence-electron chi connectivity index (χ4n) is 0.964. The highest BCUT2D eigenvalue weighted by Gasteiger charge is 2.09. The Morgan fingerprint density at radius 2 is 2.40 bits per heavy atom. The molecule has 0 amide bonds. The number of carboxylic acids is 1. The average Bonchev–Trinajstić information content (AvgIpc) is 2.66. The molecule has 0 bridgehead atoms. The number of hydrogen-bond acceptors (Lipinski definition) is 4. The first kappa shape index (κ1) is 12.1. The van der Waals surface area contributed by atoms with Crippen LogP contribution in [0.3, 0.4) is 0 Å². The molecule has 4 nitrogen and oxygen atoms in total. The summed E-state index contributed by atoms with van der Waals surface area (Å²) in [6.07, 6.45) is 0.198. The van der Waals surface area contributed by atoms with E-state index >= 15 is 0 Å². The van der Waals surface area contributed by atoms with Crippen molar-refractivity contribution in [1.29, 1.82) is 0 Å². The van der Waals surface area contributed by atoms with Gasteiger partial charge in [0, 0.05) is 12.9 Å². The van der Waals surface area contributed by atoms with Gasteiger partial charge >= 0.3 is 5.97 Å². The highest BCUT2D eigenvalue weighted by Crippen LogP contribution is 2.16. The maximum absolute atomic E-state index is 10.5. The standard InChI is InChI=1S/C10H14O4S/c1-7(13-2)5-15-6-8-3-4-9(14-8)10(11)12/h3-4,7H,5-6H2,1-2H3,(H,11,12). The van der Waals surface area contributed by atoms with E-state index < -0.39 is 5.97 Å². The Bertz CT molecular complexity index is 321. The van der Waals surface area contributed by atoms with Crippen LogP contribution in [0.4, 0.5) is 0 Å². The van der Waals surface area contributed by atoms with E-state index in [1.165, 1.54) is 6.07 Å². The first-order chi connectivity index (χ1) is 7.13. The van der Waals surface area contributed by atoms with Gasteiger partial charge in [-0.2, -0.15) is 11.8 Å². The van der Waals surface area contributed by atoms with Gasteiger partial charge in [0.2, 0.25) is 5.76 Å². The smallest absolute Gasteiger partial charge is 0.371 e. The van der Waals surface area contributed by atoms with E-state index in [1.807, 2.05) is 6.92 Å². The van der Waals surface area contributed by atoms with Crippen LogP contribution in [0.15, 0.2) is 16.5 Å². The molecule has 0 radical (unpaired) electrons. The van der Waals surface area contributed by atoms with Crippen LogP contribution in [-0.2, 0) is 10.5 Å². The summed E-state index contributed by atoms with van der Waals surface area (Å²) in [5.74, 6) is 1.17. The Balaban J connectivity index is 2.35. The number of hydrogen-bond donors (Lipinski definition) is 1. The van der Waals surface area contributed by atoms with Crippen molar-refractivity contribution in [2.75, 3.05) is 12.9 Å². The highest BCUT2D eigenvalue weighted by molar-refractivity contribution is 7.98. The molecule has 1 unspecified atom stereocenters. The third-order valence-electron chi connectivity index (χ3n) is 1.87. The van der Waals surface area contributed by atoms with E-state index in [2.05, 4.69) is 0 Å². The zero-order valence-electron chi connectivity index (χ0n) is 8.73. The summed E-state index contributed by atoms with van der Waals surface area (Å²) in [5.41, 5.74) is 0. The van der Waals surface area contributed by atoms with Crippen molar-refractivity contribution in [2.24, 2.45) is 0 Å². The first-order valence-corrected chi connectivity index (χ1v) is 5.71. The van der Waals surface area contributed by atoms with E-state index in [4.69, 9.17) is 14.3 Å². The van der Waals surface area contributed by atoms with Crippen LogP contribution in [0.25, 0.3) is 0 Å². The van der Waals surface area contributed by atoms with Crippen molar-refractivity contribution in [1.82, 2.24) is 0 Å². The number of aromatic carboxylic acids is 1. The minimum absolute atomic E-state index is 0.00890. The summed E-state index contributed by atoms with van der Waals surface area (Å²) in [7, 11) is 1.67. The lowest BCUT2D eigenvalue weighted by atomic mass is 10.4. The number of rotatable bonds is 6. The number of methoxy groups -OCH3 is 1. The molecule has 0 saturated heterocycles. The molecule has 5 heteroatoms. The molecule has 1 N–H and O–H groups in total. The van der Waals surface area contributed by atoms with Gasteiger partial charge in [0.25, 0.3) is 0 Å². The van der Waals surface area contributed by atoms with Gasteiger partial charge in [0.1, 0.15) is 5.76 Å². The molecule has 0 aliphatic heterocycles. The van der Waals surface area contributed by atoms with Crippen molar-refractivity contribution < 1.29 is 19.1 Å². The summed E-state index contributed by atoms with van der Waals surface area (Å²) < 4.78 is 10.2. The van der Waals surface area contributed by atoms with Crippen molar-refractivity contribution in [3.05, 3.63) is 23.7 Å². The zero-order chi connectivity index (χ0) is 11.3. The van der Waals surface area contributed by atoms with Gasteiger partial charge in [-0.15, -0.1) is 0 Å². The minimum atomic E-state index is -1.03. The molecule has 0 aromatic carbocycles. The lowest BCUT2D eigenvalue weighted by Gasteiger charge is -2.07. The van der Waals surface area contributed by atoms with Gasteiger partial charge in [-0.05, 0) is 19.1 Å². The average molecular weight is 230 g/mol. The maximum Gasteiger partial charge on any atom is 0.371 e. The van der Waals surface area contributed by atoms with Crippen LogP contribution >= 0.6 is 11.8 Å². The third-order valence-corrected chi connectivity index (χ3v) is 3.07. The number of carbonyl (C=O) groups is 1. The fourth-order valence-corrected chi connectivity index (χ4v) is 1.91. The first-order valence-electron chi connectivity index (χ1n) is 4.56. The molecule has 0 saturated carbocycles. The number of carboxylic acid groups (broad SMARTS) is 1. The molecule has 1 heterocycles. The Labute approximate surface area is 92.6 Å². The topological polar surface area (TPSA) is 59.7 Å². The van der Waals surface area contributed by atoms with Crippen LogP contribution in [0.5, 0.6) is 0 Å². The summed E-state index contributed by atoms with van der Waals surface area (Å²) in [6.45, 7) is 1.98. The van der Waals surface area contributed by atoms with Gasteiger partial charge < -0.3 is 14.3 Å². The largest absolute Gasteiger partial charge is 0.475 e. The van der Waals surface area contributed by atoms with Crippen LogP contribution in [-0.4, -0.2) is 30.0 Å². The second-order valence-electron chi connectivity index (χ2n) is 3.13. The molecule has 84 valence electrons. The van der Waals surface area contributed by atoms with Crippen LogP contribution in [0, 0.1) is 0 Å². The molecule has 1 aromatic rings. The molecule has 15 heavy (non-hydrogen) atoms. The molecular formula is C10H14O4S. The molecule has 0 aliphatic rings. The number of furan rings is 1. The SMILES string of the molecule is COC(C)CSCc1ccc(C(=O)O)o1. The second kappa shape index (κ2) is 5.82. The molecule has 1 rings (SSSR count). The Morgan fingerprint density at radius 1 is 1.67 bits per heavy atom. The normalized spacial score (nSPS) is 12.7. The minimum Gasteiger partial charge on any atom is -0.475 e. The molecule has 0 fully saturated rings. The molecule has 1 aromatic heterocycles. The monoisotopic (exact) mass is 230 g/mol. The molecule has 1 atom stereocenters. The quantitative estimate of drug-likeness (QED) is 0.812. The van der Waals surface area contributed by atoms with Gasteiger partial charge in [0.05, 0.1) is 11.9 Å². The van der Waals surface area contributed by atoms with Gasteiger partial charge in [0.15, 0.2) is 0 Å². The Morgan fingerprint density at radius 3 is 2.93 bits per heavy atom. The maximum atomic E-state index is 10.5. The zero-order valence-corrected chi connectivity index (χ0v) is 9.54. The summed E-state index contributed by atoms with van der Waals surface area (Å²) in [4.78, 5) is 10.5. The van der Waals surface area contributed by atoms with Crippen molar-refractivity contribution in [2.45, 2.75) is 18.8 Å². The highest BCUT2D eigenvalue weighted by atomic mass is 32.2. The van der Waals surface area contributed by atoms with E-state index in [1.54, 1.807) is 24.9 Å². The fraction of sp³-hybridized carbons (Fsp3) is 0.500. The van der Waals surface area contributed by atoms with Crippen molar-refractivity contribution in [3.8, 4) is 0 Å². The van der Waals surface area contributed by atoms with E-state index in [0.29, 0.717) is 11.5 Å². The van der Waals surface area contributed by atoms with E-state index in [-0.39, 0.29) is 11.9 Å². The van der Waals surface area contributed by atoms with E-state index in [9.17, 15) is 4.79 Å². The summed E-state index contributed by atoms with van der Waals surface area (Å²) in [6, 6.07) is 3.16. The molecule has 0 spiro atoms. The number of thioether (sulfide) groups is 1. The van der Waals surface area contributed by atoms with Crippen molar-refractivity contribution in [3.63, 3.8) is 0 Å².